The molecule has 1 rings (SSSR count). The molecular formula is C13H19NO4S. The van der Waals surface area contributed by atoms with Gasteiger partial charge in [-0.25, -0.2) is 8.42 Å². The standard InChI is InChI=1S/C13H19NO4S/c1-9(2)10(3)11-5-4-6-12(7-11)19(17,18)14-8-13(15)16/h4-7,9-10,14H,8H2,1-3H3,(H,15,16). The molecule has 0 aliphatic carbocycles. The third-order valence-corrected chi connectivity index (χ3v) is 4.51. The van der Waals surface area contributed by atoms with Crippen LogP contribution in [0.1, 0.15) is 32.3 Å². The normalized spacial score (nSPS) is 13.5. The zero-order chi connectivity index (χ0) is 14.6. The van der Waals surface area contributed by atoms with Crippen molar-refractivity contribution in [3.05, 3.63) is 29.8 Å². The lowest BCUT2D eigenvalue weighted by Crippen LogP contribution is -2.29. The number of rotatable bonds is 6. The summed E-state index contributed by atoms with van der Waals surface area (Å²) in [5.74, 6) is -0.588. The number of carboxylic acids is 1. The molecule has 0 amide bonds. The fraction of sp³-hybridized carbons (Fsp3) is 0.462. The average Bonchev–Trinajstić information content (AvgIpc) is 2.35. The number of carboxylic acid groups (broad SMARTS) is 1. The van der Waals surface area contributed by atoms with Crippen LogP contribution < -0.4 is 4.72 Å². The molecule has 0 bridgehead atoms. The van der Waals surface area contributed by atoms with E-state index in [0.29, 0.717) is 5.92 Å². The first-order valence-electron chi connectivity index (χ1n) is 6.05. The Bertz CT molecular complexity index is 552. The largest absolute Gasteiger partial charge is 0.480 e. The fourth-order valence-electron chi connectivity index (χ4n) is 1.59. The molecule has 1 unspecified atom stereocenters. The van der Waals surface area contributed by atoms with Gasteiger partial charge >= 0.3 is 5.97 Å². The second-order valence-electron chi connectivity index (χ2n) is 4.82. The third kappa shape index (κ3) is 4.33. The van der Waals surface area contributed by atoms with Crippen LogP contribution in [0.5, 0.6) is 0 Å². The minimum atomic E-state index is -3.77. The highest BCUT2D eigenvalue weighted by atomic mass is 32.2. The van der Waals surface area contributed by atoms with Crippen molar-refractivity contribution in [2.75, 3.05) is 6.54 Å². The quantitative estimate of drug-likeness (QED) is 0.835. The number of hydrogen-bond acceptors (Lipinski definition) is 3. The number of sulfonamides is 1. The Morgan fingerprint density at radius 2 is 1.95 bits per heavy atom. The molecular weight excluding hydrogens is 266 g/mol. The van der Waals surface area contributed by atoms with Crippen LogP contribution in [0.2, 0.25) is 0 Å². The van der Waals surface area contributed by atoms with E-state index in [0.717, 1.165) is 5.56 Å². The van der Waals surface area contributed by atoms with Gasteiger partial charge in [0.1, 0.15) is 6.54 Å². The van der Waals surface area contributed by atoms with Gasteiger partial charge in [0.2, 0.25) is 10.0 Å². The maximum Gasteiger partial charge on any atom is 0.318 e. The summed E-state index contributed by atoms with van der Waals surface area (Å²) in [5, 5.41) is 8.51. The summed E-state index contributed by atoms with van der Waals surface area (Å²) in [5.41, 5.74) is 0.924. The van der Waals surface area contributed by atoms with Crippen molar-refractivity contribution in [1.29, 1.82) is 0 Å². The van der Waals surface area contributed by atoms with E-state index in [1.807, 2.05) is 17.7 Å². The van der Waals surface area contributed by atoms with Crippen molar-refractivity contribution >= 4 is 16.0 Å². The predicted octanol–water partition coefficient (Wildman–Crippen LogP) is 1.81. The average molecular weight is 285 g/mol. The number of aliphatic carboxylic acids is 1. The van der Waals surface area contributed by atoms with E-state index in [1.165, 1.54) is 6.07 Å². The van der Waals surface area contributed by atoms with Crippen molar-refractivity contribution in [1.82, 2.24) is 4.72 Å². The van der Waals surface area contributed by atoms with Crippen LogP contribution in [0.4, 0.5) is 0 Å². The molecule has 0 aliphatic rings. The highest BCUT2D eigenvalue weighted by Crippen LogP contribution is 2.25. The molecule has 106 valence electrons. The number of carbonyl (C=O) groups is 1. The van der Waals surface area contributed by atoms with E-state index >= 15 is 0 Å². The van der Waals surface area contributed by atoms with E-state index in [9.17, 15) is 13.2 Å². The molecule has 1 aromatic carbocycles. The van der Waals surface area contributed by atoms with E-state index in [2.05, 4.69) is 13.8 Å². The first-order valence-corrected chi connectivity index (χ1v) is 7.54. The Hall–Kier alpha value is -1.40. The lowest BCUT2D eigenvalue weighted by molar-refractivity contribution is -0.135. The van der Waals surface area contributed by atoms with Crippen LogP contribution in [-0.4, -0.2) is 26.0 Å². The Labute approximate surface area is 113 Å². The Morgan fingerprint density at radius 1 is 1.32 bits per heavy atom. The van der Waals surface area contributed by atoms with E-state index < -0.39 is 22.5 Å². The molecule has 0 radical (unpaired) electrons. The third-order valence-electron chi connectivity index (χ3n) is 3.11. The first-order chi connectivity index (χ1) is 8.74. The van der Waals surface area contributed by atoms with Gasteiger partial charge in [0.15, 0.2) is 0 Å². The van der Waals surface area contributed by atoms with Gasteiger partial charge in [0, 0.05) is 0 Å². The summed E-state index contributed by atoms with van der Waals surface area (Å²) in [6.45, 7) is 5.54. The molecule has 19 heavy (non-hydrogen) atoms. The van der Waals surface area contributed by atoms with Crippen molar-refractivity contribution in [2.24, 2.45) is 5.92 Å². The monoisotopic (exact) mass is 285 g/mol. The molecule has 0 saturated heterocycles. The van der Waals surface area contributed by atoms with Gasteiger partial charge < -0.3 is 5.11 Å². The van der Waals surface area contributed by atoms with Crippen molar-refractivity contribution < 1.29 is 18.3 Å². The summed E-state index contributed by atoms with van der Waals surface area (Å²) in [4.78, 5) is 10.5. The summed E-state index contributed by atoms with van der Waals surface area (Å²) in [7, 11) is -3.77. The SMILES string of the molecule is CC(C)C(C)c1cccc(S(=O)(=O)NCC(=O)O)c1. The van der Waals surface area contributed by atoms with Crippen molar-refractivity contribution in [2.45, 2.75) is 31.6 Å². The van der Waals surface area contributed by atoms with Crippen LogP contribution in [0.3, 0.4) is 0 Å². The van der Waals surface area contributed by atoms with Gasteiger partial charge in [-0.3, -0.25) is 4.79 Å². The molecule has 0 heterocycles. The molecule has 0 fully saturated rings. The molecule has 5 nitrogen and oxygen atoms in total. The second kappa shape index (κ2) is 6.16. The van der Waals surface area contributed by atoms with Gasteiger partial charge in [-0.15, -0.1) is 0 Å². The zero-order valence-electron chi connectivity index (χ0n) is 11.3. The van der Waals surface area contributed by atoms with E-state index in [-0.39, 0.29) is 10.8 Å². The minimum absolute atomic E-state index is 0.0961. The lowest BCUT2D eigenvalue weighted by Gasteiger charge is -2.16. The fourth-order valence-corrected chi connectivity index (χ4v) is 2.62. The Kier molecular flexibility index (Phi) is 5.08. The predicted molar refractivity (Wildman–Crippen MR) is 72.5 cm³/mol. The summed E-state index contributed by atoms with van der Waals surface area (Å²) in [6.07, 6.45) is 0. The van der Waals surface area contributed by atoms with Gasteiger partial charge in [-0.2, -0.15) is 4.72 Å². The van der Waals surface area contributed by atoms with Gasteiger partial charge in [-0.1, -0.05) is 32.9 Å². The van der Waals surface area contributed by atoms with E-state index in [4.69, 9.17) is 5.11 Å². The minimum Gasteiger partial charge on any atom is -0.480 e. The Morgan fingerprint density at radius 3 is 2.47 bits per heavy atom. The van der Waals surface area contributed by atoms with Crippen molar-refractivity contribution in [3.63, 3.8) is 0 Å². The van der Waals surface area contributed by atoms with Crippen LogP contribution in [0.25, 0.3) is 0 Å². The van der Waals surface area contributed by atoms with Gasteiger partial charge in [-0.05, 0) is 29.5 Å². The molecule has 0 aromatic heterocycles. The second-order valence-corrected chi connectivity index (χ2v) is 6.59. The van der Waals surface area contributed by atoms with Crippen LogP contribution >= 0.6 is 0 Å². The maximum absolute atomic E-state index is 11.9. The molecule has 6 heteroatoms. The van der Waals surface area contributed by atoms with Crippen LogP contribution in [0.15, 0.2) is 29.2 Å². The summed E-state index contributed by atoms with van der Waals surface area (Å²) < 4.78 is 25.9. The zero-order valence-corrected chi connectivity index (χ0v) is 12.1. The molecule has 0 aliphatic heterocycles. The first kappa shape index (κ1) is 15.7. The maximum atomic E-state index is 11.9. The van der Waals surface area contributed by atoms with Crippen molar-refractivity contribution in [3.8, 4) is 0 Å². The number of hydrogen-bond donors (Lipinski definition) is 2. The molecule has 1 aromatic rings. The highest BCUT2D eigenvalue weighted by Gasteiger charge is 2.17. The van der Waals surface area contributed by atoms with Crippen LogP contribution in [-0.2, 0) is 14.8 Å². The lowest BCUT2D eigenvalue weighted by atomic mass is 9.90. The summed E-state index contributed by atoms with van der Waals surface area (Å²) in [6, 6.07) is 6.60. The number of benzene rings is 1. The molecule has 0 spiro atoms. The summed E-state index contributed by atoms with van der Waals surface area (Å²) >= 11 is 0. The molecule has 1 atom stereocenters. The van der Waals surface area contributed by atoms with E-state index in [1.54, 1.807) is 12.1 Å². The smallest absolute Gasteiger partial charge is 0.318 e. The van der Waals surface area contributed by atoms with Crippen LogP contribution in [0, 0.1) is 5.92 Å². The highest BCUT2D eigenvalue weighted by molar-refractivity contribution is 7.89. The molecule has 0 saturated carbocycles. The van der Waals surface area contributed by atoms with Gasteiger partial charge in [0.25, 0.3) is 0 Å². The topological polar surface area (TPSA) is 83.5 Å². The Balaban J connectivity index is 3.02. The number of nitrogens with one attached hydrogen (secondary N) is 1. The molecule has 2 N–H and O–H groups in total. The van der Waals surface area contributed by atoms with Gasteiger partial charge in [0.05, 0.1) is 4.90 Å².